The monoisotopic (exact) mass is 204 g/mol. The van der Waals surface area contributed by atoms with Crippen molar-refractivity contribution < 1.29 is 0 Å². The second kappa shape index (κ2) is 4.96. The Labute approximate surface area is 92.2 Å². The molecule has 0 saturated heterocycles. The van der Waals surface area contributed by atoms with Gasteiger partial charge in [0.1, 0.15) is 5.84 Å². The van der Waals surface area contributed by atoms with Crippen LogP contribution in [0.2, 0.25) is 0 Å². The van der Waals surface area contributed by atoms with Gasteiger partial charge >= 0.3 is 0 Å². The minimum atomic E-state index is 0.352. The Bertz CT molecular complexity index is 367. The van der Waals surface area contributed by atoms with Crippen molar-refractivity contribution in [2.45, 2.75) is 34.1 Å². The van der Waals surface area contributed by atoms with Gasteiger partial charge in [0, 0.05) is 5.92 Å². The van der Waals surface area contributed by atoms with Crippen molar-refractivity contribution in [2.24, 2.45) is 16.6 Å². The first kappa shape index (κ1) is 11.8. The number of aliphatic imine (C=N–C) groups is 1. The van der Waals surface area contributed by atoms with Crippen molar-refractivity contribution >= 4 is 11.5 Å². The van der Waals surface area contributed by atoms with Gasteiger partial charge in [-0.25, -0.2) is 4.99 Å². The maximum Gasteiger partial charge on any atom is 0.102 e. The molecule has 0 bridgehead atoms. The zero-order valence-electron chi connectivity index (χ0n) is 10.0. The molecule has 82 valence electrons. The van der Waals surface area contributed by atoms with E-state index in [0.717, 1.165) is 17.9 Å². The highest BCUT2D eigenvalue weighted by Gasteiger charge is 2.04. The van der Waals surface area contributed by atoms with Gasteiger partial charge < -0.3 is 5.73 Å². The third-order valence-electron chi connectivity index (χ3n) is 2.73. The van der Waals surface area contributed by atoms with E-state index in [0.29, 0.717) is 5.92 Å². The Hall–Kier alpha value is -1.31. The van der Waals surface area contributed by atoms with Crippen LogP contribution >= 0.6 is 0 Å². The van der Waals surface area contributed by atoms with E-state index in [1.54, 1.807) is 0 Å². The lowest BCUT2D eigenvalue weighted by molar-refractivity contribution is 0.732. The molecule has 0 fully saturated rings. The SMILES string of the molecule is CCC(C)C(N)=Nc1cc(C)ccc1C. The summed E-state index contributed by atoms with van der Waals surface area (Å²) in [4.78, 5) is 4.48. The summed E-state index contributed by atoms with van der Waals surface area (Å²) in [6, 6.07) is 6.25. The van der Waals surface area contributed by atoms with Crippen LogP contribution < -0.4 is 5.73 Å². The van der Waals surface area contributed by atoms with E-state index in [4.69, 9.17) is 5.73 Å². The molecule has 0 amide bonds. The van der Waals surface area contributed by atoms with Crippen molar-refractivity contribution in [3.8, 4) is 0 Å². The Balaban J connectivity index is 3.01. The molecule has 15 heavy (non-hydrogen) atoms. The van der Waals surface area contributed by atoms with Crippen molar-refractivity contribution in [3.05, 3.63) is 29.3 Å². The third-order valence-corrected chi connectivity index (χ3v) is 2.73. The van der Waals surface area contributed by atoms with Gasteiger partial charge in [0.25, 0.3) is 0 Å². The number of rotatable bonds is 3. The highest BCUT2D eigenvalue weighted by Crippen LogP contribution is 2.20. The fraction of sp³-hybridized carbons (Fsp3) is 0.462. The second-order valence-electron chi connectivity index (χ2n) is 4.14. The highest BCUT2D eigenvalue weighted by atomic mass is 14.9. The van der Waals surface area contributed by atoms with Gasteiger partial charge in [-0.3, -0.25) is 0 Å². The van der Waals surface area contributed by atoms with Crippen molar-refractivity contribution in [2.75, 3.05) is 0 Å². The maximum atomic E-state index is 5.93. The van der Waals surface area contributed by atoms with Gasteiger partial charge in [0.15, 0.2) is 0 Å². The van der Waals surface area contributed by atoms with E-state index >= 15 is 0 Å². The Morgan fingerprint density at radius 1 is 1.40 bits per heavy atom. The topological polar surface area (TPSA) is 38.4 Å². The molecule has 0 aliphatic heterocycles. The molecule has 2 heteroatoms. The predicted molar refractivity (Wildman–Crippen MR) is 66.7 cm³/mol. The molecule has 0 heterocycles. The van der Waals surface area contributed by atoms with E-state index in [-0.39, 0.29) is 0 Å². The summed E-state index contributed by atoms with van der Waals surface area (Å²) >= 11 is 0. The number of benzene rings is 1. The first-order valence-corrected chi connectivity index (χ1v) is 5.46. The summed E-state index contributed by atoms with van der Waals surface area (Å²) < 4.78 is 0. The molecule has 1 unspecified atom stereocenters. The molecular weight excluding hydrogens is 184 g/mol. The largest absolute Gasteiger partial charge is 0.387 e. The smallest absolute Gasteiger partial charge is 0.102 e. The van der Waals surface area contributed by atoms with Gasteiger partial charge in [-0.15, -0.1) is 0 Å². The number of nitrogens with zero attached hydrogens (tertiary/aromatic N) is 1. The molecule has 1 rings (SSSR count). The van der Waals surface area contributed by atoms with Gasteiger partial charge in [-0.2, -0.15) is 0 Å². The fourth-order valence-corrected chi connectivity index (χ4v) is 1.30. The summed E-state index contributed by atoms with van der Waals surface area (Å²) in [6.07, 6.45) is 1.03. The lowest BCUT2D eigenvalue weighted by Gasteiger charge is -2.09. The molecule has 1 atom stereocenters. The van der Waals surface area contributed by atoms with Crippen molar-refractivity contribution in [3.63, 3.8) is 0 Å². The number of amidine groups is 1. The Morgan fingerprint density at radius 3 is 2.67 bits per heavy atom. The predicted octanol–water partition coefficient (Wildman–Crippen LogP) is 3.34. The lowest BCUT2D eigenvalue weighted by Crippen LogP contribution is -2.20. The van der Waals surface area contributed by atoms with Crippen LogP contribution in [-0.4, -0.2) is 5.84 Å². The standard InChI is InChI=1S/C13H20N2/c1-5-10(3)13(14)15-12-8-9(2)6-7-11(12)4/h6-8,10H,5H2,1-4H3,(H2,14,15). The zero-order chi connectivity index (χ0) is 11.4. The third kappa shape index (κ3) is 3.08. The summed E-state index contributed by atoms with van der Waals surface area (Å²) in [5, 5.41) is 0. The minimum absolute atomic E-state index is 0.352. The Kier molecular flexibility index (Phi) is 3.89. The molecule has 0 aliphatic carbocycles. The molecular formula is C13H20N2. The Morgan fingerprint density at radius 2 is 2.07 bits per heavy atom. The van der Waals surface area contributed by atoms with Crippen LogP contribution in [-0.2, 0) is 0 Å². The van der Waals surface area contributed by atoms with Crippen molar-refractivity contribution in [1.82, 2.24) is 0 Å². The molecule has 1 aromatic rings. The molecule has 0 aliphatic rings. The van der Waals surface area contributed by atoms with E-state index in [1.165, 1.54) is 11.1 Å². The average Bonchev–Trinajstić information content (AvgIpc) is 2.22. The van der Waals surface area contributed by atoms with Crippen LogP contribution in [0.15, 0.2) is 23.2 Å². The number of hydrogen-bond donors (Lipinski definition) is 1. The molecule has 0 radical (unpaired) electrons. The summed E-state index contributed by atoms with van der Waals surface area (Å²) in [5.41, 5.74) is 9.31. The molecule has 0 spiro atoms. The van der Waals surface area contributed by atoms with E-state index < -0.39 is 0 Å². The van der Waals surface area contributed by atoms with E-state index in [1.807, 2.05) is 0 Å². The van der Waals surface area contributed by atoms with Crippen LogP contribution in [0, 0.1) is 19.8 Å². The van der Waals surface area contributed by atoms with E-state index in [9.17, 15) is 0 Å². The second-order valence-corrected chi connectivity index (χ2v) is 4.14. The number of aryl methyl sites for hydroxylation is 2. The van der Waals surface area contributed by atoms with E-state index in [2.05, 4.69) is 50.9 Å². The van der Waals surface area contributed by atoms with Crippen LogP contribution in [0.5, 0.6) is 0 Å². The quantitative estimate of drug-likeness (QED) is 0.595. The zero-order valence-corrected chi connectivity index (χ0v) is 10.0. The molecule has 1 aromatic carbocycles. The molecule has 2 N–H and O–H groups in total. The maximum absolute atomic E-state index is 5.93. The summed E-state index contributed by atoms with van der Waals surface area (Å²) in [6.45, 7) is 8.35. The van der Waals surface area contributed by atoms with Crippen LogP contribution in [0.3, 0.4) is 0 Å². The minimum Gasteiger partial charge on any atom is -0.387 e. The van der Waals surface area contributed by atoms with Crippen LogP contribution in [0.25, 0.3) is 0 Å². The normalized spacial score (nSPS) is 14.0. The number of nitrogens with two attached hydrogens (primary N) is 1. The molecule has 0 aromatic heterocycles. The molecule has 2 nitrogen and oxygen atoms in total. The van der Waals surface area contributed by atoms with Gasteiger partial charge in [-0.1, -0.05) is 26.0 Å². The van der Waals surface area contributed by atoms with Gasteiger partial charge in [0.05, 0.1) is 5.69 Å². The van der Waals surface area contributed by atoms with Crippen LogP contribution in [0.4, 0.5) is 5.69 Å². The summed E-state index contributed by atoms with van der Waals surface area (Å²) in [5.74, 6) is 1.08. The first-order valence-electron chi connectivity index (χ1n) is 5.46. The lowest BCUT2D eigenvalue weighted by atomic mass is 10.1. The summed E-state index contributed by atoms with van der Waals surface area (Å²) in [7, 11) is 0. The highest BCUT2D eigenvalue weighted by molar-refractivity contribution is 5.85. The van der Waals surface area contributed by atoms with Crippen molar-refractivity contribution in [1.29, 1.82) is 0 Å². The first-order chi connectivity index (χ1) is 7.04. The average molecular weight is 204 g/mol. The number of hydrogen-bond acceptors (Lipinski definition) is 1. The van der Waals surface area contributed by atoms with Crippen LogP contribution in [0.1, 0.15) is 31.4 Å². The van der Waals surface area contributed by atoms with Gasteiger partial charge in [-0.05, 0) is 37.5 Å². The molecule has 0 saturated carbocycles. The van der Waals surface area contributed by atoms with Gasteiger partial charge in [0.2, 0.25) is 0 Å². The fourth-order valence-electron chi connectivity index (χ4n) is 1.30.